The average Bonchev–Trinajstić information content (AvgIpc) is 3.46. The Morgan fingerprint density at radius 3 is 0.825 bits per heavy atom. The Balaban J connectivity index is 3.51. The Morgan fingerprint density at radius 1 is 0.312 bits per heavy atom. The van der Waals surface area contributed by atoms with Crippen molar-refractivity contribution in [1.82, 2.24) is 5.32 Å². The molecule has 4 nitrogen and oxygen atoms in total. The maximum absolute atomic E-state index is 12.6. The number of amides is 1. The van der Waals surface area contributed by atoms with E-state index < -0.39 is 12.1 Å². The van der Waals surface area contributed by atoms with Crippen molar-refractivity contribution in [3.63, 3.8) is 0 Å². The molecule has 0 aliphatic rings. The fourth-order valence-electron chi connectivity index (χ4n) is 10.5. The highest BCUT2D eigenvalue weighted by molar-refractivity contribution is 5.76. The van der Waals surface area contributed by atoms with Gasteiger partial charge in [0.15, 0.2) is 0 Å². The summed E-state index contributed by atoms with van der Waals surface area (Å²) in [6, 6.07) is -0.549. The molecule has 0 saturated carbocycles. The van der Waals surface area contributed by atoms with Gasteiger partial charge in [0.25, 0.3) is 0 Å². The van der Waals surface area contributed by atoms with Crippen LogP contribution < -0.4 is 5.32 Å². The van der Waals surface area contributed by atoms with E-state index in [2.05, 4.69) is 129 Å². The zero-order chi connectivity index (χ0) is 57.6. The lowest BCUT2D eigenvalue weighted by Crippen LogP contribution is -2.45. The second kappa shape index (κ2) is 70.3. The van der Waals surface area contributed by atoms with Crippen LogP contribution in [0.3, 0.4) is 0 Å². The van der Waals surface area contributed by atoms with Gasteiger partial charge in [-0.1, -0.05) is 367 Å². The summed E-state index contributed by atoms with van der Waals surface area (Å²) in [5.41, 5.74) is 0. The molecule has 0 saturated heterocycles. The van der Waals surface area contributed by atoms with Crippen molar-refractivity contribution in [2.24, 2.45) is 0 Å². The topological polar surface area (TPSA) is 69.6 Å². The molecule has 0 aromatic rings. The fraction of sp³-hybridized carbons (Fsp3) is 0.750. The number of hydrogen-bond acceptors (Lipinski definition) is 3. The minimum atomic E-state index is -0.671. The Bertz CT molecular complexity index is 1490. The zero-order valence-electron chi connectivity index (χ0n) is 53.3. The van der Waals surface area contributed by atoms with Gasteiger partial charge in [-0.25, -0.2) is 0 Å². The van der Waals surface area contributed by atoms with E-state index >= 15 is 0 Å². The molecule has 1 amide bonds. The zero-order valence-corrected chi connectivity index (χ0v) is 53.3. The van der Waals surface area contributed by atoms with Crippen molar-refractivity contribution >= 4 is 5.91 Å². The third-order valence-electron chi connectivity index (χ3n) is 15.8. The number of unbranched alkanes of at least 4 members (excludes halogenated alkanes) is 39. The molecule has 2 unspecified atom stereocenters. The van der Waals surface area contributed by atoms with E-state index in [0.717, 1.165) is 83.5 Å². The molecule has 0 spiro atoms. The SMILES string of the molecule is CC/C=C\C/C=C\C/C=C\C/C=C\C/C=C\C/C=C\C/C=C\C/C=C\C/C=C\CCCCCCCCCCCC(=O)NC(CO)C(O)CCCCCCCCCCCCCCCCCCCCCCCCCCCCCCCCC. The average molecular weight is 1110 g/mol. The van der Waals surface area contributed by atoms with Gasteiger partial charge in [0, 0.05) is 6.42 Å². The van der Waals surface area contributed by atoms with Gasteiger partial charge in [0.05, 0.1) is 18.8 Å². The number of nitrogens with one attached hydrogen (secondary N) is 1. The Labute approximate surface area is 499 Å². The summed E-state index contributed by atoms with van der Waals surface area (Å²) >= 11 is 0. The molecule has 0 aliphatic carbocycles. The van der Waals surface area contributed by atoms with Crippen molar-refractivity contribution in [1.29, 1.82) is 0 Å². The van der Waals surface area contributed by atoms with E-state index in [9.17, 15) is 15.0 Å². The highest BCUT2D eigenvalue weighted by Gasteiger charge is 2.20. The van der Waals surface area contributed by atoms with Gasteiger partial charge in [-0.15, -0.1) is 0 Å². The van der Waals surface area contributed by atoms with Crippen LogP contribution in [0.15, 0.2) is 109 Å². The molecule has 0 rings (SSSR count). The third-order valence-corrected chi connectivity index (χ3v) is 15.8. The standard InChI is InChI=1S/C76H135NO3/c1-3-5-7-9-11-13-15-17-19-21-23-25-27-29-31-33-35-36-37-38-39-40-42-44-46-48-50-52-54-56-58-60-62-64-66-68-70-72-76(80)77-74(73-78)75(79)71-69-67-65-63-61-59-57-55-53-51-49-47-45-43-41-34-32-30-28-26-24-22-20-18-16-14-12-10-8-6-4-2/h5,7,11,13,17,19,23,25,29,31,35-36,38-39,42,44,48,50,74-75,78-79H,3-4,6,8-10,12,14-16,18,20-22,24,26-28,30,32-34,37,40-41,43,45-47,49,51-73H2,1-2H3,(H,77,80)/b7-5-,13-11-,19-17-,25-23-,31-29-,36-35-,39-38-,44-42-,50-48-. The number of allylic oxidation sites excluding steroid dienone is 18. The number of carbonyl (C=O) groups excluding carboxylic acids is 1. The highest BCUT2D eigenvalue weighted by atomic mass is 16.3. The number of carbonyl (C=O) groups is 1. The number of aliphatic hydroxyl groups excluding tert-OH is 2. The minimum absolute atomic E-state index is 0.0374. The van der Waals surface area contributed by atoms with Gasteiger partial charge in [-0.3, -0.25) is 4.79 Å². The lowest BCUT2D eigenvalue weighted by molar-refractivity contribution is -0.123. The van der Waals surface area contributed by atoms with Gasteiger partial charge < -0.3 is 15.5 Å². The van der Waals surface area contributed by atoms with Crippen LogP contribution in [-0.2, 0) is 4.79 Å². The van der Waals surface area contributed by atoms with Crippen molar-refractivity contribution in [2.75, 3.05) is 6.61 Å². The molecular weight excluding hydrogens is 975 g/mol. The minimum Gasteiger partial charge on any atom is -0.394 e. The smallest absolute Gasteiger partial charge is 0.220 e. The van der Waals surface area contributed by atoms with Crippen LogP contribution in [0.2, 0.25) is 0 Å². The summed E-state index contributed by atoms with van der Waals surface area (Å²) in [5.74, 6) is -0.0374. The van der Waals surface area contributed by atoms with E-state index in [0.29, 0.717) is 12.8 Å². The monoisotopic (exact) mass is 1110 g/mol. The van der Waals surface area contributed by atoms with Crippen LogP contribution in [0.4, 0.5) is 0 Å². The first kappa shape index (κ1) is 77.0. The van der Waals surface area contributed by atoms with Crippen LogP contribution in [0.5, 0.6) is 0 Å². The second-order valence-electron chi connectivity index (χ2n) is 23.6. The lowest BCUT2D eigenvalue weighted by atomic mass is 10.0. The molecule has 462 valence electrons. The summed E-state index contributed by atoms with van der Waals surface area (Å²) in [6.07, 6.45) is 106. The van der Waals surface area contributed by atoms with Crippen LogP contribution in [0, 0.1) is 0 Å². The number of aliphatic hydroxyl groups is 2. The number of rotatable bonds is 64. The quantitative estimate of drug-likeness (QED) is 0.0420. The molecule has 0 aromatic carbocycles. The summed E-state index contributed by atoms with van der Waals surface area (Å²) in [5, 5.41) is 23.5. The van der Waals surface area contributed by atoms with Crippen molar-refractivity contribution < 1.29 is 15.0 Å². The maximum Gasteiger partial charge on any atom is 0.220 e. The number of hydrogen-bond donors (Lipinski definition) is 3. The molecule has 3 N–H and O–H groups in total. The molecule has 0 aromatic heterocycles. The molecule has 4 heteroatoms. The van der Waals surface area contributed by atoms with Crippen molar-refractivity contribution in [3.8, 4) is 0 Å². The van der Waals surface area contributed by atoms with E-state index in [4.69, 9.17) is 0 Å². The fourth-order valence-corrected chi connectivity index (χ4v) is 10.5. The Hall–Kier alpha value is -2.95. The largest absolute Gasteiger partial charge is 0.394 e. The van der Waals surface area contributed by atoms with Crippen LogP contribution in [-0.4, -0.2) is 34.9 Å². The molecular formula is C76H135NO3. The molecule has 0 aliphatic heterocycles. The van der Waals surface area contributed by atoms with Gasteiger partial charge in [-0.2, -0.15) is 0 Å². The normalized spacial score (nSPS) is 13.4. The van der Waals surface area contributed by atoms with E-state index in [1.165, 1.54) is 238 Å². The van der Waals surface area contributed by atoms with Crippen molar-refractivity contribution in [2.45, 2.75) is 360 Å². The van der Waals surface area contributed by atoms with Gasteiger partial charge >= 0.3 is 0 Å². The van der Waals surface area contributed by atoms with Gasteiger partial charge in [0.1, 0.15) is 0 Å². The maximum atomic E-state index is 12.6. The third kappa shape index (κ3) is 65.9. The van der Waals surface area contributed by atoms with Gasteiger partial charge in [0.2, 0.25) is 5.91 Å². The summed E-state index contributed by atoms with van der Waals surface area (Å²) in [6.45, 7) is 4.27. The molecule has 0 heterocycles. The first-order valence-electron chi connectivity index (χ1n) is 35.1. The van der Waals surface area contributed by atoms with Crippen LogP contribution in [0.1, 0.15) is 348 Å². The predicted octanol–water partition coefficient (Wildman–Crippen LogP) is 24.2. The second-order valence-corrected chi connectivity index (χ2v) is 23.6. The first-order valence-corrected chi connectivity index (χ1v) is 35.1. The summed E-state index contributed by atoms with van der Waals surface area (Å²) in [7, 11) is 0. The Kier molecular flexibility index (Phi) is 67.7. The predicted molar refractivity (Wildman–Crippen MR) is 359 cm³/mol. The molecule has 0 radical (unpaired) electrons. The van der Waals surface area contributed by atoms with E-state index in [1.807, 2.05) is 0 Å². The van der Waals surface area contributed by atoms with Crippen molar-refractivity contribution in [3.05, 3.63) is 109 Å². The molecule has 0 fully saturated rings. The van der Waals surface area contributed by atoms with E-state index in [1.54, 1.807) is 0 Å². The Morgan fingerprint density at radius 2 is 0.550 bits per heavy atom. The van der Waals surface area contributed by atoms with E-state index in [-0.39, 0.29) is 12.5 Å². The summed E-state index contributed by atoms with van der Waals surface area (Å²) < 4.78 is 0. The molecule has 0 bridgehead atoms. The van der Waals surface area contributed by atoms with Gasteiger partial charge in [-0.05, 0) is 83.5 Å². The lowest BCUT2D eigenvalue weighted by Gasteiger charge is -2.22. The molecule has 80 heavy (non-hydrogen) atoms. The first-order chi connectivity index (χ1) is 39.7. The van der Waals surface area contributed by atoms with Crippen LogP contribution in [0.25, 0.3) is 0 Å². The highest BCUT2D eigenvalue weighted by Crippen LogP contribution is 2.18. The molecule has 2 atom stereocenters. The summed E-state index contributed by atoms with van der Waals surface area (Å²) in [4.78, 5) is 12.6. The van der Waals surface area contributed by atoms with Crippen LogP contribution >= 0.6 is 0 Å².